The van der Waals surface area contributed by atoms with Gasteiger partial charge in [0.2, 0.25) is 0 Å². The summed E-state index contributed by atoms with van der Waals surface area (Å²) in [7, 11) is 0. The van der Waals surface area contributed by atoms with Crippen LogP contribution in [0.4, 0.5) is 0 Å². The first-order valence-corrected chi connectivity index (χ1v) is 4.64. The second-order valence-electron chi connectivity index (χ2n) is 3.49. The predicted molar refractivity (Wildman–Crippen MR) is 48.5 cm³/mol. The molecule has 2 atom stereocenters. The van der Waals surface area contributed by atoms with Gasteiger partial charge in [0.25, 0.3) is 0 Å². The summed E-state index contributed by atoms with van der Waals surface area (Å²) in [5, 5.41) is 0. The number of ketones is 1. The maximum atomic E-state index is 11.3. The maximum Gasteiger partial charge on any atom is 0.135 e. The van der Waals surface area contributed by atoms with Gasteiger partial charge in [-0.3, -0.25) is 4.79 Å². The molecule has 0 fully saturated rings. The van der Waals surface area contributed by atoms with E-state index in [1.165, 1.54) is 0 Å². The van der Waals surface area contributed by atoms with E-state index in [0.29, 0.717) is 11.7 Å². The smallest absolute Gasteiger partial charge is 0.135 e. The summed E-state index contributed by atoms with van der Waals surface area (Å²) in [4.78, 5) is 11.3. The Morgan fingerprint density at radius 3 is 2.09 bits per heavy atom. The van der Waals surface area contributed by atoms with Crippen molar-refractivity contribution in [3.8, 4) is 0 Å². The molecule has 11 heavy (non-hydrogen) atoms. The van der Waals surface area contributed by atoms with Gasteiger partial charge in [0.05, 0.1) is 0 Å². The minimum atomic E-state index is 0.268. The third kappa shape index (κ3) is 4.18. The Morgan fingerprint density at radius 1 is 1.18 bits per heavy atom. The van der Waals surface area contributed by atoms with E-state index in [1.807, 2.05) is 6.92 Å². The van der Waals surface area contributed by atoms with E-state index in [4.69, 9.17) is 0 Å². The predicted octanol–water partition coefficient (Wildman–Crippen LogP) is 3.04. The molecule has 0 aromatic carbocycles. The second-order valence-corrected chi connectivity index (χ2v) is 3.49. The quantitative estimate of drug-likeness (QED) is 0.598. The lowest BCUT2D eigenvalue weighted by molar-refractivity contribution is -0.123. The molecule has 1 heteroatoms. The van der Waals surface area contributed by atoms with Gasteiger partial charge >= 0.3 is 0 Å². The molecule has 0 N–H and O–H groups in total. The zero-order chi connectivity index (χ0) is 8.85. The molecular formula is C10H20O. The second kappa shape index (κ2) is 5.34. The molecule has 0 amide bonds. The van der Waals surface area contributed by atoms with E-state index in [1.54, 1.807) is 0 Å². The molecule has 0 saturated carbocycles. The summed E-state index contributed by atoms with van der Waals surface area (Å²) in [5.41, 5.74) is 0. The van der Waals surface area contributed by atoms with E-state index in [-0.39, 0.29) is 5.92 Å². The highest BCUT2D eigenvalue weighted by Crippen LogP contribution is 2.13. The van der Waals surface area contributed by atoms with Crippen molar-refractivity contribution in [1.29, 1.82) is 0 Å². The van der Waals surface area contributed by atoms with Crippen LogP contribution in [-0.4, -0.2) is 5.78 Å². The normalized spacial score (nSPS) is 16.0. The van der Waals surface area contributed by atoms with Crippen LogP contribution in [0, 0.1) is 11.8 Å². The highest BCUT2D eigenvalue weighted by atomic mass is 16.1. The lowest BCUT2D eigenvalue weighted by Gasteiger charge is -2.10. The van der Waals surface area contributed by atoms with Crippen molar-refractivity contribution in [2.24, 2.45) is 11.8 Å². The standard InChI is InChI=1S/C10H20O/c1-5-8(3)7-10(11)9(4)6-2/h8-9H,5-7H2,1-4H3. The number of hydrogen-bond acceptors (Lipinski definition) is 1. The van der Waals surface area contributed by atoms with Gasteiger partial charge in [0.15, 0.2) is 0 Å². The fraction of sp³-hybridized carbons (Fsp3) is 0.900. The molecule has 66 valence electrons. The van der Waals surface area contributed by atoms with Crippen LogP contribution in [0.3, 0.4) is 0 Å². The van der Waals surface area contributed by atoms with Crippen LogP contribution in [0.1, 0.15) is 47.0 Å². The average molecular weight is 156 g/mol. The van der Waals surface area contributed by atoms with Gasteiger partial charge < -0.3 is 0 Å². The van der Waals surface area contributed by atoms with Crippen LogP contribution in [-0.2, 0) is 4.79 Å². The van der Waals surface area contributed by atoms with Crippen molar-refractivity contribution < 1.29 is 4.79 Å². The summed E-state index contributed by atoms with van der Waals surface area (Å²) < 4.78 is 0. The molecular weight excluding hydrogens is 136 g/mol. The first-order chi connectivity index (χ1) is 5.11. The van der Waals surface area contributed by atoms with E-state index in [9.17, 15) is 4.79 Å². The zero-order valence-electron chi connectivity index (χ0n) is 8.18. The SMILES string of the molecule is CCC(C)CC(=O)C(C)CC. The maximum absolute atomic E-state index is 11.3. The van der Waals surface area contributed by atoms with Gasteiger partial charge in [-0.1, -0.05) is 34.1 Å². The van der Waals surface area contributed by atoms with Crippen LogP contribution < -0.4 is 0 Å². The first-order valence-electron chi connectivity index (χ1n) is 4.64. The zero-order valence-corrected chi connectivity index (χ0v) is 8.18. The summed E-state index contributed by atoms with van der Waals surface area (Å²) in [5.74, 6) is 1.27. The molecule has 0 bridgehead atoms. The number of carbonyl (C=O) groups is 1. The van der Waals surface area contributed by atoms with Crippen LogP contribution in [0.2, 0.25) is 0 Å². The Morgan fingerprint density at radius 2 is 1.73 bits per heavy atom. The summed E-state index contributed by atoms with van der Waals surface area (Å²) >= 11 is 0. The van der Waals surface area contributed by atoms with Crippen LogP contribution in [0.15, 0.2) is 0 Å². The molecule has 0 spiro atoms. The molecule has 1 nitrogen and oxygen atoms in total. The third-order valence-corrected chi connectivity index (χ3v) is 2.41. The highest BCUT2D eigenvalue weighted by Gasteiger charge is 2.12. The third-order valence-electron chi connectivity index (χ3n) is 2.41. The molecule has 0 radical (unpaired) electrons. The molecule has 0 saturated heterocycles. The van der Waals surface area contributed by atoms with Gasteiger partial charge in [0.1, 0.15) is 5.78 Å². The Bertz CT molecular complexity index is 118. The Hall–Kier alpha value is -0.330. The van der Waals surface area contributed by atoms with E-state index in [0.717, 1.165) is 19.3 Å². The van der Waals surface area contributed by atoms with Crippen molar-refractivity contribution in [3.63, 3.8) is 0 Å². The Labute approximate surface area is 70.2 Å². The molecule has 2 unspecified atom stereocenters. The fourth-order valence-corrected chi connectivity index (χ4v) is 0.917. The molecule has 0 aliphatic heterocycles. The first kappa shape index (κ1) is 10.7. The van der Waals surface area contributed by atoms with Crippen molar-refractivity contribution in [2.45, 2.75) is 47.0 Å². The van der Waals surface area contributed by atoms with E-state index < -0.39 is 0 Å². The van der Waals surface area contributed by atoms with Gasteiger partial charge in [-0.05, 0) is 12.3 Å². The monoisotopic (exact) mass is 156 g/mol. The van der Waals surface area contributed by atoms with E-state index in [2.05, 4.69) is 20.8 Å². The highest BCUT2D eigenvalue weighted by molar-refractivity contribution is 5.80. The minimum absolute atomic E-state index is 0.268. The number of rotatable bonds is 5. The molecule has 0 rings (SSSR count). The van der Waals surface area contributed by atoms with Crippen LogP contribution >= 0.6 is 0 Å². The van der Waals surface area contributed by atoms with Crippen molar-refractivity contribution in [2.75, 3.05) is 0 Å². The molecule has 0 aliphatic rings. The van der Waals surface area contributed by atoms with Crippen molar-refractivity contribution in [1.82, 2.24) is 0 Å². The van der Waals surface area contributed by atoms with Gasteiger partial charge in [-0.15, -0.1) is 0 Å². The minimum Gasteiger partial charge on any atom is -0.299 e. The van der Waals surface area contributed by atoms with Crippen molar-refractivity contribution >= 4 is 5.78 Å². The van der Waals surface area contributed by atoms with Gasteiger partial charge in [-0.25, -0.2) is 0 Å². The topological polar surface area (TPSA) is 17.1 Å². The Balaban J connectivity index is 3.68. The van der Waals surface area contributed by atoms with E-state index >= 15 is 0 Å². The lowest BCUT2D eigenvalue weighted by Crippen LogP contribution is -2.13. The summed E-state index contributed by atoms with van der Waals surface area (Å²) in [6.07, 6.45) is 2.86. The molecule has 0 aromatic heterocycles. The van der Waals surface area contributed by atoms with Crippen LogP contribution in [0.25, 0.3) is 0 Å². The fourth-order valence-electron chi connectivity index (χ4n) is 0.917. The summed E-state index contributed by atoms with van der Waals surface area (Å²) in [6.45, 7) is 8.36. The number of Topliss-reactive ketones (excluding diaryl/α,β-unsaturated/α-hetero) is 1. The lowest BCUT2D eigenvalue weighted by atomic mass is 9.94. The largest absolute Gasteiger partial charge is 0.299 e. The van der Waals surface area contributed by atoms with Crippen LogP contribution in [0.5, 0.6) is 0 Å². The molecule has 0 aliphatic carbocycles. The van der Waals surface area contributed by atoms with Gasteiger partial charge in [-0.2, -0.15) is 0 Å². The Kier molecular flexibility index (Phi) is 5.18. The van der Waals surface area contributed by atoms with Gasteiger partial charge in [0, 0.05) is 12.3 Å². The number of carbonyl (C=O) groups excluding carboxylic acids is 1. The molecule has 0 heterocycles. The number of hydrogen-bond donors (Lipinski definition) is 0. The summed E-state index contributed by atoms with van der Waals surface area (Å²) in [6, 6.07) is 0. The van der Waals surface area contributed by atoms with Crippen molar-refractivity contribution in [3.05, 3.63) is 0 Å². The average Bonchev–Trinajstić information content (AvgIpc) is 2.02. The molecule has 0 aromatic rings.